The number of esters is 1. The number of anilines is 1. The second-order valence-corrected chi connectivity index (χ2v) is 4.23. The molecule has 1 rings (SSSR count). The molecule has 0 bridgehead atoms. The van der Waals surface area contributed by atoms with Crippen LogP contribution < -0.4 is 10.6 Å². The van der Waals surface area contributed by atoms with Crippen molar-refractivity contribution in [3.63, 3.8) is 0 Å². The highest BCUT2D eigenvalue weighted by molar-refractivity contribution is 7.14. The van der Waals surface area contributed by atoms with Crippen molar-refractivity contribution in [2.75, 3.05) is 12.4 Å². The Morgan fingerprint density at radius 1 is 1.44 bits per heavy atom. The first kappa shape index (κ1) is 14.0. The number of thiophene rings is 1. The molecule has 0 aromatic carbocycles. The van der Waals surface area contributed by atoms with Gasteiger partial charge in [0.2, 0.25) is 0 Å². The second kappa shape index (κ2) is 6.01. The zero-order chi connectivity index (χ0) is 13.7. The van der Waals surface area contributed by atoms with Crippen molar-refractivity contribution in [1.82, 2.24) is 5.32 Å². The number of aromatic carboxylic acids is 1. The van der Waals surface area contributed by atoms with Crippen molar-refractivity contribution in [2.24, 2.45) is 0 Å². The molecule has 0 fully saturated rings. The quantitative estimate of drug-likeness (QED) is 0.713. The fourth-order valence-corrected chi connectivity index (χ4v) is 1.92. The Labute approximate surface area is 107 Å². The van der Waals surface area contributed by atoms with Crippen LogP contribution in [0.25, 0.3) is 0 Å². The molecule has 0 saturated carbocycles. The monoisotopic (exact) mass is 272 g/mol. The number of amides is 2. The lowest BCUT2D eigenvalue weighted by molar-refractivity contribution is -0.142. The average Bonchev–Trinajstić information content (AvgIpc) is 2.75. The van der Waals surface area contributed by atoms with Gasteiger partial charge in [-0.3, -0.25) is 5.32 Å². The number of methoxy groups -OCH3 is 1. The summed E-state index contributed by atoms with van der Waals surface area (Å²) in [5, 5.41) is 15.3. The SMILES string of the molecule is COC(=O)C(C)NC(=O)Nc1sccc1C(=O)O. The van der Waals surface area contributed by atoms with Crippen LogP contribution in [0.3, 0.4) is 0 Å². The first-order chi connectivity index (χ1) is 8.45. The van der Waals surface area contributed by atoms with E-state index in [0.29, 0.717) is 0 Å². The van der Waals surface area contributed by atoms with E-state index in [9.17, 15) is 14.4 Å². The Bertz CT molecular complexity index is 471. The van der Waals surface area contributed by atoms with E-state index < -0.39 is 24.0 Å². The van der Waals surface area contributed by atoms with Crippen LogP contribution in [0.5, 0.6) is 0 Å². The Balaban J connectivity index is 2.62. The molecule has 3 N–H and O–H groups in total. The topological polar surface area (TPSA) is 105 Å². The molecule has 0 saturated heterocycles. The zero-order valence-electron chi connectivity index (χ0n) is 9.72. The van der Waals surface area contributed by atoms with Crippen LogP contribution in [-0.4, -0.2) is 36.2 Å². The summed E-state index contributed by atoms with van der Waals surface area (Å²) in [6, 6.07) is -0.104. The smallest absolute Gasteiger partial charge is 0.338 e. The van der Waals surface area contributed by atoms with Crippen LogP contribution in [0.15, 0.2) is 11.4 Å². The standard InChI is InChI=1S/C10H12N2O5S/c1-5(9(15)17-2)11-10(16)12-7-6(8(13)14)3-4-18-7/h3-5H,1-2H3,(H,13,14)(H2,11,12,16). The van der Waals surface area contributed by atoms with Gasteiger partial charge in [-0.15, -0.1) is 11.3 Å². The van der Waals surface area contributed by atoms with Gasteiger partial charge in [-0.2, -0.15) is 0 Å². The summed E-state index contributed by atoms with van der Waals surface area (Å²) in [6.07, 6.45) is 0. The molecule has 0 aliphatic heterocycles. The predicted octanol–water partition coefficient (Wildman–Crippen LogP) is 1.13. The van der Waals surface area contributed by atoms with Gasteiger partial charge in [-0.1, -0.05) is 0 Å². The number of carboxylic acids is 1. The van der Waals surface area contributed by atoms with E-state index in [1.165, 1.54) is 20.1 Å². The van der Waals surface area contributed by atoms with E-state index in [0.717, 1.165) is 11.3 Å². The van der Waals surface area contributed by atoms with Crippen LogP contribution in [0.2, 0.25) is 0 Å². The number of nitrogens with one attached hydrogen (secondary N) is 2. The highest BCUT2D eigenvalue weighted by Crippen LogP contribution is 2.22. The summed E-state index contributed by atoms with van der Waals surface area (Å²) < 4.78 is 4.44. The number of carbonyl (C=O) groups excluding carboxylic acids is 2. The summed E-state index contributed by atoms with van der Waals surface area (Å²) >= 11 is 1.08. The molecule has 1 atom stereocenters. The molecule has 0 aliphatic rings. The largest absolute Gasteiger partial charge is 0.478 e. The third-order valence-electron chi connectivity index (χ3n) is 2.03. The maximum absolute atomic E-state index is 11.5. The van der Waals surface area contributed by atoms with Crippen molar-refractivity contribution in [2.45, 2.75) is 13.0 Å². The van der Waals surface area contributed by atoms with Gasteiger partial charge in [0.15, 0.2) is 0 Å². The molecular formula is C10H12N2O5S. The van der Waals surface area contributed by atoms with Crippen LogP contribution >= 0.6 is 11.3 Å². The van der Waals surface area contributed by atoms with Gasteiger partial charge in [0, 0.05) is 0 Å². The molecule has 0 aliphatic carbocycles. The average molecular weight is 272 g/mol. The molecule has 98 valence electrons. The Morgan fingerprint density at radius 2 is 2.11 bits per heavy atom. The Kier molecular flexibility index (Phi) is 4.67. The van der Waals surface area contributed by atoms with Gasteiger partial charge in [-0.05, 0) is 18.4 Å². The van der Waals surface area contributed by atoms with Crippen molar-refractivity contribution in [3.8, 4) is 0 Å². The minimum atomic E-state index is -1.13. The lowest BCUT2D eigenvalue weighted by Gasteiger charge is -2.12. The Hall–Kier alpha value is -2.09. The minimum Gasteiger partial charge on any atom is -0.478 e. The molecule has 0 radical (unpaired) electrons. The van der Waals surface area contributed by atoms with Crippen LogP contribution in [0.1, 0.15) is 17.3 Å². The molecule has 1 aromatic rings. The van der Waals surface area contributed by atoms with Gasteiger partial charge in [0.1, 0.15) is 11.0 Å². The van der Waals surface area contributed by atoms with Gasteiger partial charge in [-0.25, -0.2) is 14.4 Å². The van der Waals surface area contributed by atoms with Crippen molar-refractivity contribution >= 4 is 34.3 Å². The summed E-state index contributed by atoms with van der Waals surface area (Å²) in [4.78, 5) is 33.4. The van der Waals surface area contributed by atoms with Crippen LogP contribution in [0, 0.1) is 0 Å². The maximum atomic E-state index is 11.5. The van der Waals surface area contributed by atoms with Gasteiger partial charge >= 0.3 is 18.0 Å². The van der Waals surface area contributed by atoms with Gasteiger partial charge < -0.3 is 15.2 Å². The van der Waals surface area contributed by atoms with E-state index in [1.807, 2.05) is 0 Å². The molecule has 18 heavy (non-hydrogen) atoms. The number of ether oxygens (including phenoxy) is 1. The molecule has 1 aromatic heterocycles. The van der Waals surface area contributed by atoms with E-state index >= 15 is 0 Å². The zero-order valence-corrected chi connectivity index (χ0v) is 10.5. The minimum absolute atomic E-state index is 0.000807. The third-order valence-corrected chi connectivity index (χ3v) is 2.85. The number of hydrogen-bond acceptors (Lipinski definition) is 5. The van der Waals surface area contributed by atoms with E-state index in [-0.39, 0.29) is 10.6 Å². The fraction of sp³-hybridized carbons (Fsp3) is 0.300. The third kappa shape index (κ3) is 3.45. The number of carboxylic acid groups (broad SMARTS) is 1. The van der Waals surface area contributed by atoms with E-state index in [2.05, 4.69) is 15.4 Å². The number of urea groups is 1. The summed E-state index contributed by atoms with van der Waals surface area (Å²) in [6.45, 7) is 1.46. The normalized spacial score (nSPS) is 11.4. The molecule has 7 nitrogen and oxygen atoms in total. The van der Waals surface area contributed by atoms with Crippen molar-refractivity contribution < 1.29 is 24.2 Å². The summed E-state index contributed by atoms with van der Waals surface area (Å²) in [7, 11) is 1.21. The first-order valence-electron chi connectivity index (χ1n) is 4.91. The van der Waals surface area contributed by atoms with Crippen LogP contribution in [-0.2, 0) is 9.53 Å². The summed E-state index contributed by atoms with van der Waals surface area (Å²) in [5.74, 6) is -1.72. The number of rotatable bonds is 4. The first-order valence-corrected chi connectivity index (χ1v) is 5.79. The van der Waals surface area contributed by atoms with E-state index in [4.69, 9.17) is 5.11 Å². The van der Waals surface area contributed by atoms with Gasteiger partial charge in [0.25, 0.3) is 0 Å². The molecule has 8 heteroatoms. The predicted molar refractivity (Wildman–Crippen MR) is 64.9 cm³/mol. The lowest BCUT2D eigenvalue weighted by atomic mass is 10.3. The van der Waals surface area contributed by atoms with E-state index in [1.54, 1.807) is 5.38 Å². The number of hydrogen-bond donors (Lipinski definition) is 3. The highest BCUT2D eigenvalue weighted by Gasteiger charge is 2.18. The Morgan fingerprint density at radius 3 is 2.67 bits per heavy atom. The van der Waals surface area contributed by atoms with Crippen molar-refractivity contribution in [1.29, 1.82) is 0 Å². The van der Waals surface area contributed by atoms with Crippen molar-refractivity contribution in [3.05, 3.63) is 17.0 Å². The molecule has 2 amide bonds. The summed E-state index contributed by atoms with van der Waals surface area (Å²) in [5.41, 5.74) is 0.000807. The fourth-order valence-electron chi connectivity index (χ4n) is 1.15. The maximum Gasteiger partial charge on any atom is 0.338 e. The highest BCUT2D eigenvalue weighted by atomic mass is 32.1. The lowest BCUT2D eigenvalue weighted by Crippen LogP contribution is -2.41. The van der Waals surface area contributed by atoms with Crippen LogP contribution in [0.4, 0.5) is 9.80 Å². The molecule has 1 heterocycles. The number of carbonyl (C=O) groups is 3. The second-order valence-electron chi connectivity index (χ2n) is 3.31. The molecule has 1 unspecified atom stereocenters. The molecular weight excluding hydrogens is 260 g/mol. The van der Waals surface area contributed by atoms with Gasteiger partial charge in [0.05, 0.1) is 12.7 Å². The molecule has 0 spiro atoms.